The van der Waals surface area contributed by atoms with Gasteiger partial charge in [-0.1, -0.05) is 0 Å². The van der Waals surface area contributed by atoms with Crippen molar-refractivity contribution in [3.8, 4) is 17.2 Å². The summed E-state index contributed by atoms with van der Waals surface area (Å²) in [5, 5.41) is 10.3. The first-order valence-corrected chi connectivity index (χ1v) is 5.89. The minimum absolute atomic E-state index is 0.0174. The Balaban J connectivity index is 2.18. The molecule has 0 bridgehead atoms. The van der Waals surface area contributed by atoms with Gasteiger partial charge in [0, 0.05) is 11.6 Å². The highest BCUT2D eigenvalue weighted by atomic mass is 16.5. The number of hydrogen-bond acceptors (Lipinski definition) is 5. The topological polar surface area (TPSA) is 77.2 Å². The predicted octanol–water partition coefficient (Wildman–Crippen LogP) is 1.88. The van der Waals surface area contributed by atoms with Gasteiger partial charge in [-0.05, 0) is 38.1 Å². The molecular weight excluding hydrogens is 246 g/mol. The van der Waals surface area contributed by atoms with Crippen molar-refractivity contribution in [2.75, 3.05) is 7.11 Å². The van der Waals surface area contributed by atoms with Gasteiger partial charge < -0.3 is 14.5 Å². The molecule has 0 saturated heterocycles. The molecule has 0 unspecified atom stereocenters. The molecule has 0 aliphatic heterocycles. The molecule has 6 heteroatoms. The van der Waals surface area contributed by atoms with E-state index in [1.54, 1.807) is 31.4 Å². The van der Waals surface area contributed by atoms with Gasteiger partial charge in [0.15, 0.2) is 0 Å². The predicted molar refractivity (Wildman–Crippen MR) is 68.9 cm³/mol. The van der Waals surface area contributed by atoms with Gasteiger partial charge in [-0.3, -0.25) is 4.79 Å². The molecule has 2 aromatic rings. The Bertz CT molecular complexity index is 561. The van der Waals surface area contributed by atoms with E-state index in [0.717, 1.165) is 11.3 Å². The molecule has 0 aliphatic carbocycles. The van der Waals surface area contributed by atoms with Crippen molar-refractivity contribution >= 4 is 5.91 Å². The first kappa shape index (κ1) is 13.1. The van der Waals surface area contributed by atoms with E-state index in [1.165, 1.54) is 0 Å². The number of nitrogens with zero attached hydrogens (tertiary/aromatic N) is 2. The summed E-state index contributed by atoms with van der Waals surface area (Å²) in [6.45, 7) is 3.72. The zero-order chi connectivity index (χ0) is 13.8. The Morgan fingerprint density at radius 1 is 1.26 bits per heavy atom. The Kier molecular flexibility index (Phi) is 3.79. The second kappa shape index (κ2) is 5.51. The third kappa shape index (κ3) is 3.09. The second-order valence-corrected chi connectivity index (χ2v) is 4.27. The highest BCUT2D eigenvalue weighted by Crippen LogP contribution is 2.21. The van der Waals surface area contributed by atoms with E-state index >= 15 is 0 Å². The fraction of sp³-hybridized carbons (Fsp3) is 0.308. The number of nitrogens with one attached hydrogen (secondary N) is 1. The van der Waals surface area contributed by atoms with Crippen LogP contribution in [0.1, 0.15) is 24.5 Å². The highest BCUT2D eigenvalue weighted by Gasteiger charge is 2.16. The van der Waals surface area contributed by atoms with Crippen LogP contribution in [0.5, 0.6) is 5.75 Å². The lowest BCUT2D eigenvalue weighted by Crippen LogP contribution is -2.30. The molecule has 1 aromatic carbocycles. The van der Waals surface area contributed by atoms with Crippen LogP contribution in [0.15, 0.2) is 28.7 Å². The summed E-state index contributed by atoms with van der Waals surface area (Å²) in [5.74, 6) is 0.624. The molecule has 6 nitrogen and oxygen atoms in total. The first-order chi connectivity index (χ1) is 9.10. The number of aromatic nitrogens is 2. The van der Waals surface area contributed by atoms with Crippen LogP contribution < -0.4 is 10.1 Å². The van der Waals surface area contributed by atoms with E-state index < -0.39 is 0 Å². The van der Waals surface area contributed by atoms with E-state index in [2.05, 4.69) is 15.5 Å². The molecule has 1 heterocycles. The molecule has 0 aliphatic rings. The minimum Gasteiger partial charge on any atom is -0.497 e. The number of benzene rings is 1. The number of methoxy groups -OCH3 is 1. The quantitative estimate of drug-likeness (QED) is 0.909. The summed E-state index contributed by atoms with van der Waals surface area (Å²) in [6, 6.07) is 7.16. The lowest BCUT2D eigenvalue weighted by Gasteiger charge is -2.03. The van der Waals surface area contributed by atoms with Crippen molar-refractivity contribution in [2.24, 2.45) is 0 Å². The van der Waals surface area contributed by atoms with E-state index in [1.807, 2.05) is 13.8 Å². The van der Waals surface area contributed by atoms with E-state index in [4.69, 9.17) is 9.15 Å². The Morgan fingerprint density at radius 3 is 2.53 bits per heavy atom. The number of carbonyl (C=O) groups is 1. The molecule has 1 amide bonds. The van der Waals surface area contributed by atoms with Gasteiger partial charge in [-0.15, -0.1) is 10.2 Å². The zero-order valence-electron chi connectivity index (χ0n) is 11.0. The molecule has 0 spiro atoms. The maximum atomic E-state index is 11.7. The standard InChI is InChI=1S/C13H15N3O3/c1-8(2)14-11(17)13-16-15-12(19-13)9-4-6-10(18-3)7-5-9/h4-8H,1-3H3,(H,14,17). The van der Waals surface area contributed by atoms with Crippen molar-refractivity contribution in [3.63, 3.8) is 0 Å². The van der Waals surface area contributed by atoms with Crippen LogP contribution in [0, 0.1) is 0 Å². The minimum atomic E-state index is -0.373. The number of amides is 1. The summed E-state index contributed by atoms with van der Waals surface area (Å²) < 4.78 is 10.4. The molecule has 2 rings (SSSR count). The van der Waals surface area contributed by atoms with Gasteiger partial charge in [-0.2, -0.15) is 0 Å². The number of hydrogen-bond donors (Lipinski definition) is 1. The molecule has 0 radical (unpaired) electrons. The van der Waals surface area contributed by atoms with Crippen molar-refractivity contribution in [2.45, 2.75) is 19.9 Å². The average Bonchev–Trinajstić information content (AvgIpc) is 2.88. The third-order valence-corrected chi connectivity index (χ3v) is 2.38. The largest absolute Gasteiger partial charge is 0.497 e. The maximum Gasteiger partial charge on any atom is 0.309 e. The van der Waals surface area contributed by atoms with Crippen molar-refractivity contribution in [1.29, 1.82) is 0 Å². The highest BCUT2D eigenvalue weighted by molar-refractivity contribution is 5.89. The molecule has 1 N–H and O–H groups in total. The van der Waals surface area contributed by atoms with Crippen molar-refractivity contribution < 1.29 is 13.9 Å². The van der Waals surface area contributed by atoms with Crippen LogP contribution in [-0.4, -0.2) is 29.3 Å². The van der Waals surface area contributed by atoms with Crippen LogP contribution in [0.3, 0.4) is 0 Å². The molecule has 0 atom stereocenters. The fourth-order valence-corrected chi connectivity index (χ4v) is 1.49. The summed E-state index contributed by atoms with van der Waals surface area (Å²) >= 11 is 0. The molecular formula is C13H15N3O3. The normalized spacial score (nSPS) is 10.5. The fourth-order valence-electron chi connectivity index (χ4n) is 1.49. The Labute approximate surface area is 110 Å². The van der Waals surface area contributed by atoms with Crippen LogP contribution in [0.25, 0.3) is 11.5 Å². The van der Waals surface area contributed by atoms with Crippen LogP contribution in [-0.2, 0) is 0 Å². The van der Waals surface area contributed by atoms with E-state index in [9.17, 15) is 4.79 Å². The van der Waals surface area contributed by atoms with Crippen LogP contribution in [0.2, 0.25) is 0 Å². The smallest absolute Gasteiger partial charge is 0.309 e. The summed E-state index contributed by atoms with van der Waals surface area (Å²) in [5.41, 5.74) is 0.733. The monoisotopic (exact) mass is 261 g/mol. The van der Waals surface area contributed by atoms with E-state index in [-0.39, 0.29) is 17.8 Å². The summed E-state index contributed by atoms with van der Waals surface area (Å²) in [4.78, 5) is 11.7. The maximum absolute atomic E-state index is 11.7. The van der Waals surface area contributed by atoms with Crippen molar-refractivity contribution in [1.82, 2.24) is 15.5 Å². The molecule has 0 fully saturated rings. The average molecular weight is 261 g/mol. The number of ether oxygens (including phenoxy) is 1. The Hall–Kier alpha value is -2.37. The molecule has 19 heavy (non-hydrogen) atoms. The number of rotatable bonds is 4. The zero-order valence-corrected chi connectivity index (χ0v) is 11.0. The van der Waals surface area contributed by atoms with Crippen molar-refractivity contribution in [3.05, 3.63) is 30.2 Å². The van der Waals surface area contributed by atoms with Crippen LogP contribution >= 0.6 is 0 Å². The summed E-state index contributed by atoms with van der Waals surface area (Å²) in [7, 11) is 1.59. The molecule has 1 aromatic heterocycles. The SMILES string of the molecule is COc1ccc(-c2nnc(C(=O)NC(C)C)o2)cc1. The summed E-state index contributed by atoms with van der Waals surface area (Å²) in [6.07, 6.45) is 0. The van der Waals surface area contributed by atoms with Gasteiger partial charge in [-0.25, -0.2) is 0 Å². The van der Waals surface area contributed by atoms with Gasteiger partial charge >= 0.3 is 11.8 Å². The van der Waals surface area contributed by atoms with Gasteiger partial charge in [0.2, 0.25) is 5.89 Å². The first-order valence-electron chi connectivity index (χ1n) is 5.89. The number of carbonyl (C=O) groups excluding carboxylic acids is 1. The van der Waals surface area contributed by atoms with E-state index in [0.29, 0.717) is 5.89 Å². The molecule has 0 saturated carbocycles. The van der Waals surface area contributed by atoms with Crippen LogP contribution in [0.4, 0.5) is 0 Å². The lowest BCUT2D eigenvalue weighted by molar-refractivity contribution is 0.0909. The Morgan fingerprint density at radius 2 is 1.95 bits per heavy atom. The van der Waals surface area contributed by atoms with Gasteiger partial charge in [0.05, 0.1) is 7.11 Å². The molecule has 100 valence electrons. The van der Waals surface area contributed by atoms with Gasteiger partial charge in [0.1, 0.15) is 5.75 Å². The lowest BCUT2D eigenvalue weighted by atomic mass is 10.2. The second-order valence-electron chi connectivity index (χ2n) is 4.27. The third-order valence-electron chi connectivity index (χ3n) is 2.38. The van der Waals surface area contributed by atoms with Gasteiger partial charge in [0.25, 0.3) is 0 Å².